The van der Waals surface area contributed by atoms with Crippen LogP contribution < -0.4 is 0 Å². The molecule has 0 aliphatic rings. The summed E-state index contributed by atoms with van der Waals surface area (Å²) >= 11 is 0. The standard InChI is InChI=1S/C8H18NO/c1-9(2)7-5-3-4-6-8-10/h3-8H2,1-2H3. The first-order valence-electron chi connectivity index (χ1n) is 4.00. The molecule has 1 radical (unpaired) electrons. The van der Waals surface area contributed by atoms with Crippen molar-refractivity contribution >= 4 is 0 Å². The molecule has 0 spiro atoms. The molecule has 2 nitrogen and oxygen atoms in total. The lowest BCUT2D eigenvalue weighted by atomic mass is 10.2. The lowest BCUT2D eigenvalue weighted by Crippen LogP contribution is -2.12. The molecule has 0 fully saturated rings. The Morgan fingerprint density at radius 1 is 1.00 bits per heavy atom. The second kappa shape index (κ2) is 7.03. The molecule has 10 heavy (non-hydrogen) atoms. The Bertz CT molecular complexity index is 64.3. The van der Waals surface area contributed by atoms with Crippen LogP contribution in [-0.2, 0) is 5.11 Å². The summed E-state index contributed by atoms with van der Waals surface area (Å²) in [5.74, 6) is 0. The van der Waals surface area contributed by atoms with Crippen LogP contribution in [0.2, 0.25) is 0 Å². The molecule has 0 atom stereocenters. The highest BCUT2D eigenvalue weighted by molar-refractivity contribution is 4.45. The fourth-order valence-corrected chi connectivity index (χ4v) is 0.884. The number of hydrogen-bond donors (Lipinski definition) is 0. The highest BCUT2D eigenvalue weighted by Crippen LogP contribution is 1.98. The molecule has 0 N–H and O–H groups in total. The van der Waals surface area contributed by atoms with Crippen LogP contribution in [0, 0.1) is 0 Å². The number of hydrogen-bond acceptors (Lipinski definition) is 1. The van der Waals surface area contributed by atoms with Crippen molar-refractivity contribution in [1.29, 1.82) is 0 Å². The van der Waals surface area contributed by atoms with Gasteiger partial charge in [-0.25, -0.2) is 5.11 Å². The third-order valence-electron chi connectivity index (χ3n) is 1.50. The first-order valence-corrected chi connectivity index (χ1v) is 4.00. The highest BCUT2D eigenvalue weighted by atomic mass is 16.2. The monoisotopic (exact) mass is 144 g/mol. The summed E-state index contributed by atoms with van der Waals surface area (Å²) in [7, 11) is 4.15. The summed E-state index contributed by atoms with van der Waals surface area (Å²) in [5, 5.41) is 10.0. The molecule has 0 heterocycles. The van der Waals surface area contributed by atoms with Crippen molar-refractivity contribution < 1.29 is 5.11 Å². The van der Waals surface area contributed by atoms with E-state index in [0.29, 0.717) is 0 Å². The van der Waals surface area contributed by atoms with Crippen molar-refractivity contribution in [1.82, 2.24) is 4.90 Å². The minimum Gasteiger partial charge on any atom is -0.309 e. The highest BCUT2D eigenvalue weighted by Gasteiger charge is 1.90. The summed E-state index contributed by atoms with van der Waals surface area (Å²) in [4.78, 5) is 2.18. The number of rotatable bonds is 6. The van der Waals surface area contributed by atoms with Gasteiger partial charge in [-0.05, 0) is 33.5 Å². The molecule has 61 valence electrons. The van der Waals surface area contributed by atoms with Crippen LogP contribution in [0.3, 0.4) is 0 Å². The minimum atomic E-state index is 0.0992. The first kappa shape index (κ1) is 9.92. The molecule has 0 aromatic rings. The van der Waals surface area contributed by atoms with Gasteiger partial charge in [0.1, 0.15) is 0 Å². The fourth-order valence-electron chi connectivity index (χ4n) is 0.884. The molecule has 2 heteroatoms. The van der Waals surface area contributed by atoms with Gasteiger partial charge in [0.25, 0.3) is 0 Å². The summed E-state index contributed by atoms with van der Waals surface area (Å²) in [6.07, 6.45) is 4.40. The molecular formula is C8H18NO. The number of unbranched alkanes of at least 4 members (excludes halogenated alkanes) is 3. The maximum atomic E-state index is 10.0. The van der Waals surface area contributed by atoms with Gasteiger partial charge in [0.15, 0.2) is 0 Å². The molecule has 0 aliphatic carbocycles. The maximum absolute atomic E-state index is 10.0. The van der Waals surface area contributed by atoms with Crippen molar-refractivity contribution in [3.63, 3.8) is 0 Å². The van der Waals surface area contributed by atoms with E-state index in [1.807, 2.05) is 0 Å². The predicted molar refractivity (Wildman–Crippen MR) is 42.6 cm³/mol. The van der Waals surface area contributed by atoms with E-state index < -0.39 is 0 Å². The average molecular weight is 144 g/mol. The Kier molecular flexibility index (Phi) is 6.98. The van der Waals surface area contributed by atoms with E-state index in [0.717, 1.165) is 19.4 Å². The first-order chi connectivity index (χ1) is 4.77. The topological polar surface area (TPSA) is 23.1 Å². The summed E-state index contributed by atoms with van der Waals surface area (Å²) in [6, 6.07) is 0. The third-order valence-corrected chi connectivity index (χ3v) is 1.50. The van der Waals surface area contributed by atoms with E-state index in [-0.39, 0.29) is 6.61 Å². The minimum absolute atomic E-state index is 0.0992. The van der Waals surface area contributed by atoms with Crippen molar-refractivity contribution in [2.45, 2.75) is 25.7 Å². The molecule has 0 aromatic carbocycles. The fraction of sp³-hybridized carbons (Fsp3) is 1.00. The molecule has 0 aromatic heterocycles. The zero-order valence-corrected chi connectivity index (χ0v) is 7.10. The lowest BCUT2D eigenvalue weighted by Gasteiger charge is -2.07. The van der Waals surface area contributed by atoms with Crippen molar-refractivity contribution in [2.75, 3.05) is 27.2 Å². The van der Waals surface area contributed by atoms with Crippen LogP contribution in [0.1, 0.15) is 25.7 Å². The molecule has 0 saturated heterocycles. The van der Waals surface area contributed by atoms with Crippen molar-refractivity contribution in [2.24, 2.45) is 0 Å². The largest absolute Gasteiger partial charge is 0.309 e. The van der Waals surface area contributed by atoms with E-state index in [1.165, 1.54) is 12.8 Å². The normalized spacial score (nSPS) is 10.8. The van der Waals surface area contributed by atoms with Crippen LogP contribution in [0.4, 0.5) is 0 Å². The summed E-state index contributed by atoms with van der Waals surface area (Å²) in [6.45, 7) is 1.25. The van der Waals surface area contributed by atoms with Gasteiger partial charge in [0.05, 0.1) is 6.61 Å². The van der Waals surface area contributed by atoms with Crippen molar-refractivity contribution in [3.05, 3.63) is 0 Å². The maximum Gasteiger partial charge on any atom is 0.0822 e. The Hall–Kier alpha value is -0.0800. The van der Waals surface area contributed by atoms with Gasteiger partial charge < -0.3 is 4.90 Å². The summed E-state index contributed by atoms with van der Waals surface area (Å²) < 4.78 is 0. The zero-order chi connectivity index (χ0) is 7.82. The molecule has 0 saturated carbocycles. The SMILES string of the molecule is CN(C)CCCCCC[O]. The summed E-state index contributed by atoms with van der Waals surface area (Å²) in [5.41, 5.74) is 0. The van der Waals surface area contributed by atoms with E-state index in [4.69, 9.17) is 0 Å². The molecule has 0 aliphatic heterocycles. The van der Waals surface area contributed by atoms with Crippen LogP contribution in [0.5, 0.6) is 0 Å². The Balaban J connectivity index is 2.77. The third kappa shape index (κ3) is 7.92. The number of nitrogens with zero attached hydrogens (tertiary/aromatic N) is 1. The van der Waals surface area contributed by atoms with Crippen LogP contribution in [0.25, 0.3) is 0 Å². The smallest absolute Gasteiger partial charge is 0.0822 e. The Morgan fingerprint density at radius 3 is 2.10 bits per heavy atom. The van der Waals surface area contributed by atoms with E-state index in [9.17, 15) is 5.11 Å². The van der Waals surface area contributed by atoms with Crippen LogP contribution >= 0.6 is 0 Å². The predicted octanol–water partition coefficient (Wildman–Crippen LogP) is 1.54. The van der Waals surface area contributed by atoms with Crippen molar-refractivity contribution in [3.8, 4) is 0 Å². The van der Waals surface area contributed by atoms with Crippen LogP contribution in [0.15, 0.2) is 0 Å². The lowest BCUT2D eigenvalue weighted by molar-refractivity contribution is 0.185. The van der Waals surface area contributed by atoms with Gasteiger partial charge in [-0.15, -0.1) is 0 Å². The second-order valence-corrected chi connectivity index (χ2v) is 2.92. The molecule has 0 bridgehead atoms. The van der Waals surface area contributed by atoms with Gasteiger partial charge >= 0.3 is 0 Å². The second-order valence-electron chi connectivity index (χ2n) is 2.92. The van der Waals surface area contributed by atoms with Gasteiger partial charge in [0.2, 0.25) is 0 Å². The van der Waals surface area contributed by atoms with E-state index in [2.05, 4.69) is 19.0 Å². The molecular weight excluding hydrogens is 126 g/mol. The van der Waals surface area contributed by atoms with Gasteiger partial charge in [-0.1, -0.05) is 12.8 Å². The molecule has 0 amide bonds. The van der Waals surface area contributed by atoms with Gasteiger partial charge in [-0.2, -0.15) is 0 Å². The Morgan fingerprint density at radius 2 is 1.60 bits per heavy atom. The van der Waals surface area contributed by atoms with Gasteiger partial charge in [0, 0.05) is 0 Å². The average Bonchev–Trinajstić information content (AvgIpc) is 1.87. The zero-order valence-electron chi connectivity index (χ0n) is 7.10. The van der Waals surface area contributed by atoms with Gasteiger partial charge in [-0.3, -0.25) is 0 Å². The quantitative estimate of drug-likeness (QED) is 0.518. The van der Waals surface area contributed by atoms with E-state index >= 15 is 0 Å². The molecule has 0 rings (SSSR count). The van der Waals surface area contributed by atoms with Crippen LogP contribution in [-0.4, -0.2) is 32.1 Å². The Labute approximate surface area is 63.8 Å². The molecule has 0 unspecified atom stereocenters. The van der Waals surface area contributed by atoms with E-state index in [1.54, 1.807) is 0 Å².